The van der Waals surface area contributed by atoms with Gasteiger partial charge in [0.2, 0.25) is 0 Å². The van der Waals surface area contributed by atoms with E-state index in [2.05, 4.69) is 50.7 Å². The molecule has 0 radical (unpaired) electrons. The lowest BCUT2D eigenvalue weighted by molar-refractivity contribution is 0.462. The largest absolute Gasteiger partial charge is 0.308 e. The summed E-state index contributed by atoms with van der Waals surface area (Å²) in [7, 11) is 0. The standard InChI is InChI=1S/C14H25NS2/c1-6-14(7-2,16-5)10-15-12(4)13-11(3)8-9-17-13/h8-9,12,15H,6-7,10H2,1-5H3. The number of nitrogens with one attached hydrogen (secondary N) is 1. The van der Waals surface area contributed by atoms with Crippen LogP contribution in [0.4, 0.5) is 0 Å². The van der Waals surface area contributed by atoms with E-state index < -0.39 is 0 Å². The van der Waals surface area contributed by atoms with Gasteiger partial charge in [0, 0.05) is 22.2 Å². The quantitative estimate of drug-likeness (QED) is 0.776. The lowest BCUT2D eigenvalue weighted by atomic mass is 10.0. The Hall–Kier alpha value is 0.01000. The molecule has 1 nitrogen and oxygen atoms in total. The van der Waals surface area contributed by atoms with Gasteiger partial charge in [0.1, 0.15) is 0 Å². The first-order valence-electron chi connectivity index (χ1n) is 6.41. The Morgan fingerprint density at radius 3 is 2.47 bits per heavy atom. The Kier molecular flexibility index (Phi) is 6.04. The first-order valence-corrected chi connectivity index (χ1v) is 8.51. The Morgan fingerprint density at radius 2 is 2.06 bits per heavy atom. The van der Waals surface area contributed by atoms with Crippen LogP contribution < -0.4 is 5.32 Å². The van der Waals surface area contributed by atoms with Gasteiger partial charge in [-0.25, -0.2) is 0 Å². The molecule has 0 saturated carbocycles. The second-order valence-electron chi connectivity index (χ2n) is 4.66. The second kappa shape index (κ2) is 6.81. The lowest BCUT2D eigenvalue weighted by Gasteiger charge is -2.31. The molecule has 98 valence electrons. The molecule has 1 aromatic rings. The monoisotopic (exact) mass is 271 g/mol. The number of thioether (sulfide) groups is 1. The fourth-order valence-electron chi connectivity index (χ4n) is 2.12. The minimum Gasteiger partial charge on any atom is -0.308 e. The molecule has 0 aliphatic carbocycles. The zero-order valence-electron chi connectivity index (χ0n) is 11.7. The summed E-state index contributed by atoms with van der Waals surface area (Å²) < 4.78 is 0.402. The summed E-state index contributed by atoms with van der Waals surface area (Å²) >= 11 is 3.86. The van der Waals surface area contributed by atoms with Gasteiger partial charge < -0.3 is 5.32 Å². The van der Waals surface area contributed by atoms with E-state index in [1.54, 1.807) is 0 Å². The van der Waals surface area contributed by atoms with E-state index >= 15 is 0 Å². The van der Waals surface area contributed by atoms with E-state index in [1.807, 2.05) is 23.1 Å². The third-order valence-corrected chi connectivity index (χ3v) is 6.54. The van der Waals surface area contributed by atoms with Crippen molar-refractivity contribution in [3.05, 3.63) is 21.9 Å². The second-order valence-corrected chi connectivity index (χ2v) is 6.89. The first-order chi connectivity index (χ1) is 8.08. The van der Waals surface area contributed by atoms with Crippen LogP contribution in [0, 0.1) is 6.92 Å². The van der Waals surface area contributed by atoms with Gasteiger partial charge in [-0.1, -0.05) is 13.8 Å². The van der Waals surface area contributed by atoms with E-state index in [1.165, 1.54) is 23.3 Å². The van der Waals surface area contributed by atoms with Gasteiger partial charge in [0.05, 0.1) is 0 Å². The summed E-state index contributed by atoms with van der Waals surface area (Å²) in [6, 6.07) is 2.68. The molecule has 1 heterocycles. The van der Waals surface area contributed by atoms with Crippen molar-refractivity contribution in [1.29, 1.82) is 0 Å². The van der Waals surface area contributed by atoms with Crippen molar-refractivity contribution in [2.24, 2.45) is 0 Å². The third-order valence-electron chi connectivity index (χ3n) is 3.75. The maximum absolute atomic E-state index is 3.71. The lowest BCUT2D eigenvalue weighted by Crippen LogP contribution is -2.37. The van der Waals surface area contributed by atoms with Crippen LogP contribution >= 0.6 is 23.1 Å². The molecule has 17 heavy (non-hydrogen) atoms. The van der Waals surface area contributed by atoms with Crippen molar-refractivity contribution in [2.75, 3.05) is 12.8 Å². The summed E-state index contributed by atoms with van der Waals surface area (Å²) in [6.07, 6.45) is 4.69. The molecule has 1 rings (SSSR count). The highest BCUT2D eigenvalue weighted by Crippen LogP contribution is 2.31. The molecule has 1 N–H and O–H groups in total. The van der Waals surface area contributed by atoms with Gasteiger partial charge in [-0.2, -0.15) is 11.8 Å². The van der Waals surface area contributed by atoms with Gasteiger partial charge in [-0.15, -0.1) is 11.3 Å². The number of hydrogen-bond donors (Lipinski definition) is 1. The van der Waals surface area contributed by atoms with Crippen LogP contribution in [0.1, 0.15) is 50.1 Å². The molecule has 1 aromatic heterocycles. The number of rotatable bonds is 7. The van der Waals surface area contributed by atoms with Crippen LogP contribution in [0.5, 0.6) is 0 Å². The first kappa shape index (κ1) is 15.1. The summed E-state index contributed by atoms with van der Waals surface area (Å²) in [4.78, 5) is 1.48. The van der Waals surface area contributed by atoms with Crippen molar-refractivity contribution < 1.29 is 0 Å². The maximum Gasteiger partial charge on any atom is 0.0389 e. The van der Waals surface area contributed by atoms with Crippen LogP contribution in [-0.2, 0) is 0 Å². The van der Waals surface area contributed by atoms with Crippen LogP contribution in [0.3, 0.4) is 0 Å². The molecule has 0 fully saturated rings. The molecule has 1 unspecified atom stereocenters. The fraction of sp³-hybridized carbons (Fsp3) is 0.714. The van der Waals surface area contributed by atoms with E-state index in [-0.39, 0.29) is 0 Å². The van der Waals surface area contributed by atoms with Gasteiger partial charge in [0.15, 0.2) is 0 Å². The molecular formula is C14H25NS2. The topological polar surface area (TPSA) is 12.0 Å². The minimum atomic E-state index is 0.402. The predicted octanol–water partition coefficient (Wildman–Crippen LogP) is 4.63. The molecule has 0 bridgehead atoms. The van der Waals surface area contributed by atoms with Gasteiger partial charge in [-0.3, -0.25) is 0 Å². The Bertz CT molecular complexity index is 320. The zero-order valence-corrected chi connectivity index (χ0v) is 13.3. The van der Waals surface area contributed by atoms with Crippen LogP contribution in [0.2, 0.25) is 0 Å². The molecule has 0 spiro atoms. The highest BCUT2D eigenvalue weighted by atomic mass is 32.2. The van der Waals surface area contributed by atoms with E-state index in [0.717, 1.165) is 6.54 Å². The normalized spacial score (nSPS) is 13.9. The average molecular weight is 271 g/mol. The Balaban J connectivity index is 2.58. The molecular weight excluding hydrogens is 246 g/mol. The minimum absolute atomic E-state index is 0.402. The van der Waals surface area contributed by atoms with Crippen molar-refractivity contribution in [3.63, 3.8) is 0 Å². The van der Waals surface area contributed by atoms with Gasteiger partial charge in [0.25, 0.3) is 0 Å². The molecule has 0 aliphatic heterocycles. The van der Waals surface area contributed by atoms with Gasteiger partial charge >= 0.3 is 0 Å². The average Bonchev–Trinajstić information content (AvgIpc) is 2.78. The van der Waals surface area contributed by atoms with Crippen molar-refractivity contribution >= 4 is 23.1 Å². The molecule has 0 aliphatic rings. The summed E-state index contributed by atoms with van der Waals surface area (Å²) in [5.41, 5.74) is 1.41. The van der Waals surface area contributed by atoms with E-state index in [9.17, 15) is 0 Å². The van der Waals surface area contributed by atoms with Crippen LogP contribution in [-0.4, -0.2) is 17.5 Å². The highest BCUT2D eigenvalue weighted by molar-refractivity contribution is 8.00. The predicted molar refractivity (Wildman–Crippen MR) is 82.3 cm³/mol. The molecule has 0 saturated heterocycles. The van der Waals surface area contributed by atoms with E-state index in [4.69, 9.17) is 0 Å². The van der Waals surface area contributed by atoms with Crippen molar-refractivity contribution in [3.8, 4) is 0 Å². The molecule has 3 heteroatoms. The SMILES string of the molecule is CCC(CC)(CNC(C)c1sccc1C)SC. The number of hydrogen-bond acceptors (Lipinski definition) is 3. The highest BCUT2D eigenvalue weighted by Gasteiger charge is 2.25. The maximum atomic E-state index is 3.71. The molecule has 1 atom stereocenters. The number of thiophene rings is 1. The van der Waals surface area contributed by atoms with Crippen molar-refractivity contribution in [2.45, 2.75) is 51.3 Å². The zero-order chi connectivity index (χ0) is 12.9. The van der Waals surface area contributed by atoms with E-state index in [0.29, 0.717) is 10.8 Å². The summed E-state index contributed by atoms with van der Waals surface area (Å²) in [5.74, 6) is 0. The summed E-state index contributed by atoms with van der Waals surface area (Å²) in [5, 5.41) is 5.89. The van der Waals surface area contributed by atoms with Crippen molar-refractivity contribution in [1.82, 2.24) is 5.32 Å². The Labute approximate surface area is 114 Å². The smallest absolute Gasteiger partial charge is 0.0389 e. The van der Waals surface area contributed by atoms with Crippen LogP contribution in [0.15, 0.2) is 11.4 Å². The molecule has 0 amide bonds. The molecule has 0 aromatic carbocycles. The Morgan fingerprint density at radius 1 is 1.41 bits per heavy atom. The van der Waals surface area contributed by atoms with Gasteiger partial charge in [-0.05, 0) is 50.0 Å². The van der Waals surface area contributed by atoms with Crippen LogP contribution in [0.25, 0.3) is 0 Å². The third kappa shape index (κ3) is 3.73. The fourth-order valence-corrected chi connectivity index (χ4v) is 3.89. The summed E-state index contributed by atoms with van der Waals surface area (Å²) in [6.45, 7) is 10.2. The number of aryl methyl sites for hydroxylation is 1.